The first-order valence-corrected chi connectivity index (χ1v) is 4.65. The lowest BCUT2D eigenvalue weighted by atomic mass is 10.1. The van der Waals surface area contributed by atoms with E-state index in [2.05, 4.69) is 19.2 Å². The summed E-state index contributed by atoms with van der Waals surface area (Å²) in [6, 6.07) is -0.472. The van der Waals surface area contributed by atoms with Crippen LogP contribution in [-0.2, 0) is 4.79 Å². The minimum absolute atomic E-state index is 0.324. The first-order valence-electron chi connectivity index (χ1n) is 4.65. The number of hydrogen-bond donors (Lipinski definition) is 3. The van der Waals surface area contributed by atoms with Gasteiger partial charge in [0.2, 0.25) is 0 Å². The summed E-state index contributed by atoms with van der Waals surface area (Å²) in [5, 5.41) is 11.6. The fourth-order valence-corrected chi connectivity index (χ4v) is 1.21. The van der Waals surface area contributed by atoms with E-state index in [1.807, 2.05) is 6.92 Å². The number of rotatable bonds is 6. The van der Waals surface area contributed by atoms with Crippen molar-refractivity contribution in [3.05, 3.63) is 0 Å². The summed E-state index contributed by atoms with van der Waals surface area (Å²) in [4.78, 5) is 10.4. The van der Waals surface area contributed by atoms with Gasteiger partial charge in [0.05, 0.1) is 0 Å². The van der Waals surface area contributed by atoms with Gasteiger partial charge in [-0.05, 0) is 19.3 Å². The lowest BCUT2D eigenvalue weighted by molar-refractivity contribution is -0.138. The molecule has 2 atom stereocenters. The number of carboxylic acid groups (broad SMARTS) is 1. The van der Waals surface area contributed by atoms with Crippen molar-refractivity contribution in [2.45, 2.75) is 39.3 Å². The summed E-state index contributed by atoms with van der Waals surface area (Å²) >= 11 is 0. The Kier molecular flexibility index (Phi) is 5.66. The van der Waals surface area contributed by atoms with Crippen molar-refractivity contribution >= 4 is 5.97 Å². The Bertz CT molecular complexity index is 160. The largest absolute Gasteiger partial charge is 0.480 e. The Morgan fingerprint density at radius 1 is 1.46 bits per heavy atom. The molecule has 0 radical (unpaired) electrons. The van der Waals surface area contributed by atoms with Crippen LogP contribution in [0.1, 0.15) is 27.2 Å². The average molecular weight is 188 g/mol. The summed E-state index contributed by atoms with van der Waals surface area (Å²) in [5.74, 6) is -0.340. The molecule has 0 aromatic carbocycles. The quantitative estimate of drug-likeness (QED) is 0.565. The van der Waals surface area contributed by atoms with Crippen LogP contribution in [0.5, 0.6) is 0 Å². The molecule has 0 aliphatic rings. The summed E-state index contributed by atoms with van der Waals surface area (Å²) in [6.45, 7) is 6.64. The Hall–Kier alpha value is -0.610. The van der Waals surface area contributed by atoms with Gasteiger partial charge in [-0.1, -0.05) is 13.8 Å². The van der Waals surface area contributed by atoms with Crippen LogP contribution in [0.25, 0.3) is 0 Å². The maximum Gasteiger partial charge on any atom is 0.321 e. The average Bonchev–Trinajstić information content (AvgIpc) is 1.98. The highest BCUT2D eigenvalue weighted by Crippen LogP contribution is 2.03. The predicted molar refractivity (Wildman–Crippen MR) is 52.5 cm³/mol. The topological polar surface area (TPSA) is 75.3 Å². The van der Waals surface area contributed by atoms with E-state index < -0.39 is 12.0 Å². The molecule has 0 aromatic rings. The van der Waals surface area contributed by atoms with Gasteiger partial charge in [-0.2, -0.15) is 0 Å². The van der Waals surface area contributed by atoms with E-state index in [9.17, 15) is 4.79 Å². The molecule has 0 saturated carbocycles. The first kappa shape index (κ1) is 12.4. The van der Waals surface area contributed by atoms with Crippen LogP contribution in [0.4, 0.5) is 0 Å². The second-order valence-corrected chi connectivity index (χ2v) is 3.88. The number of hydrogen-bond acceptors (Lipinski definition) is 3. The van der Waals surface area contributed by atoms with Gasteiger partial charge in [-0.15, -0.1) is 0 Å². The summed E-state index contributed by atoms with van der Waals surface area (Å²) in [7, 11) is 0. The van der Waals surface area contributed by atoms with E-state index in [1.165, 1.54) is 0 Å². The Morgan fingerprint density at radius 2 is 2.00 bits per heavy atom. The Balaban J connectivity index is 3.57. The van der Waals surface area contributed by atoms with Gasteiger partial charge in [0.15, 0.2) is 0 Å². The molecule has 4 nitrogen and oxygen atoms in total. The van der Waals surface area contributed by atoms with Gasteiger partial charge in [0, 0.05) is 12.6 Å². The minimum Gasteiger partial charge on any atom is -0.480 e. The molecule has 0 rings (SSSR count). The van der Waals surface area contributed by atoms with E-state index in [4.69, 9.17) is 10.8 Å². The Morgan fingerprint density at radius 3 is 2.38 bits per heavy atom. The molecular weight excluding hydrogens is 168 g/mol. The van der Waals surface area contributed by atoms with E-state index in [-0.39, 0.29) is 0 Å². The summed E-state index contributed by atoms with van der Waals surface area (Å²) < 4.78 is 0. The van der Waals surface area contributed by atoms with Crippen molar-refractivity contribution in [2.24, 2.45) is 11.7 Å². The molecule has 4 N–H and O–H groups in total. The molecule has 4 heteroatoms. The molecule has 0 spiro atoms. The standard InChI is InChI=1S/C9H20N2O2/c1-6(2)4-7(3)11-5-8(10)9(12)13/h6-8,11H,4-5,10H2,1-3H3,(H,12,13). The SMILES string of the molecule is CC(C)CC(C)NCC(N)C(=O)O. The van der Waals surface area contributed by atoms with Crippen molar-refractivity contribution in [2.75, 3.05) is 6.54 Å². The highest BCUT2D eigenvalue weighted by molar-refractivity contribution is 5.73. The molecule has 0 bridgehead atoms. The van der Waals surface area contributed by atoms with Crippen LogP contribution in [0.3, 0.4) is 0 Å². The second kappa shape index (κ2) is 5.94. The van der Waals surface area contributed by atoms with Gasteiger partial charge in [0.25, 0.3) is 0 Å². The van der Waals surface area contributed by atoms with Crippen LogP contribution >= 0.6 is 0 Å². The summed E-state index contributed by atoms with van der Waals surface area (Å²) in [6.07, 6.45) is 1.03. The van der Waals surface area contributed by atoms with Crippen molar-refractivity contribution in [3.8, 4) is 0 Å². The van der Waals surface area contributed by atoms with Crippen LogP contribution < -0.4 is 11.1 Å². The van der Waals surface area contributed by atoms with E-state index >= 15 is 0 Å². The number of carboxylic acids is 1. The van der Waals surface area contributed by atoms with Crippen molar-refractivity contribution in [3.63, 3.8) is 0 Å². The molecule has 13 heavy (non-hydrogen) atoms. The number of nitrogens with two attached hydrogens (primary N) is 1. The molecule has 0 aliphatic carbocycles. The molecule has 2 unspecified atom stereocenters. The third-order valence-corrected chi connectivity index (χ3v) is 1.83. The Labute approximate surface area is 79.5 Å². The lowest BCUT2D eigenvalue weighted by Gasteiger charge is -2.17. The number of carbonyl (C=O) groups is 1. The van der Waals surface area contributed by atoms with Crippen LogP contribution in [0, 0.1) is 5.92 Å². The van der Waals surface area contributed by atoms with Crippen molar-refractivity contribution in [1.82, 2.24) is 5.32 Å². The van der Waals surface area contributed by atoms with Gasteiger partial charge in [0.1, 0.15) is 6.04 Å². The van der Waals surface area contributed by atoms with Crippen LogP contribution in [-0.4, -0.2) is 29.7 Å². The van der Waals surface area contributed by atoms with Crippen molar-refractivity contribution < 1.29 is 9.90 Å². The molecule has 0 aliphatic heterocycles. The number of nitrogens with one attached hydrogen (secondary N) is 1. The molecule has 0 amide bonds. The normalized spacial score (nSPS) is 15.8. The second-order valence-electron chi connectivity index (χ2n) is 3.88. The smallest absolute Gasteiger partial charge is 0.321 e. The first-order chi connectivity index (χ1) is 5.93. The predicted octanol–water partition coefficient (Wildman–Crippen LogP) is 0.423. The van der Waals surface area contributed by atoms with Crippen LogP contribution in [0.15, 0.2) is 0 Å². The highest BCUT2D eigenvalue weighted by atomic mass is 16.4. The molecule has 0 saturated heterocycles. The van der Waals surface area contributed by atoms with Crippen molar-refractivity contribution in [1.29, 1.82) is 0 Å². The van der Waals surface area contributed by atoms with E-state index in [0.717, 1.165) is 6.42 Å². The molecule has 0 fully saturated rings. The fraction of sp³-hybridized carbons (Fsp3) is 0.889. The van der Waals surface area contributed by atoms with Gasteiger partial charge in [-0.25, -0.2) is 0 Å². The molecular formula is C9H20N2O2. The minimum atomic E-state index is -0.954. The fourth-order valence-electron chi connectivity index (χ4n) is 1.21. The zero-order chi connectivity index (χ0) is 10.4. The monoisotopic (exact) mass is 188 g/mol. The maximum absolute atomic E-state index is 10.4. The van der Waals surface area contributed by atoms with E-state index in [0.29, 0.717) is 18.5 Å². The third-order valence-electron chi connectivity index (χ3n) is 1.83. The maximum atomic E-state index is 10.4. The lowest BCUT2D eigenvalue weighted by Crippen LogP contribution is -2.43. The van der Waals surface area contributed by atoms with Gasteiger partial charge >= 0.3 is 5.97 Å². The molecule has 0 aromatic heterocycles. The highest BCUT2D eigenvalue weighted by Gasteiger charge is 2.12. The van der Waals surface area contributed by atoms with Gasteiger partial charge in [-0.3, -0.25) is 4.79 Å². The molecule has 78 valence electrons. The van der Waals surface area contributed by atoms with Crippen LogP contribution in [0.2, 0.25) is 0 Å². The zero-order valence-corrected chi connectivity index (χ0v) is 8.58. The third kappa shape index (κ3) is 6.54. The zero-order valence-electron chi connectivity index (χ0n) is 8.58. The summed E-state index contributed by atoms with van der Waals surface area (Å²) in [5.41, 5.74) is 5.33. The van der Waals surface area contributed by atoms with E-state index in [1.54, 1.807) is 0 Å². The van der Waals surface area contributed by atoms with Gasteiger partial charge < -0.3 is 16.2 Å². The number of aliphatic carboxylic acids is 1. The molecule has 0 heterocycles.